The summed E-state index contributed by atoms with van der Waals surface area (Å²) in [6.07, 6.45) is -0.891. The molecule has 0 aliphatic carbocycles. The van der Waals surface area contributed by atoms with E-state index in [0.717, 1.165) is 9.48 Å². The fourth-order valence-corrected chi connectivity index (χ4v) is 2.42. The van der Waals surface area contributed by atoms with Crippen LogP contribution in [0.15, 0.2) is 58.1 Å². The van der Waals surface area contributed by atoms with Crippen molar-refractivity contribution in [2.75, 3.05) is 0 Å². The number of ether oxygens (including phenoxy) is 1. The molecule has 0 saturated carbocycles. The predicted molar refractivity (Wildman–Crippen MR) is 83.4 cm³/mol. The van der Waals surface area contributed by atoms with E-state index in [4.69, 9.17) is 4.74 Å². The lowest BCUT2D eigenvalue weighted by Crippen LogP contribution is -2.26. The van der Waals surface area contributed by atoms with E-state index < -0.39 is 12.0 Å². The van der Waals surface area contributed by atoms with Gasteiger partial charge in [-0.1, -0.05) is 34.1 Å². The number of rotatable bonds is 2. The maximum Gasteiger partial charge on any atom is 0.243 e. The molecular formula is C16H12BrFN2O2. The molecule has 1 aliphatic rings. The van der Waals surface area contributed by atoms with Gasteiger partial charge in [0.25, 0.3) is 0 Å². The first-order valence-electron chi connectivity index (χ1n) is 6.61. The minimum absolute atomic E-state index is 0.272. The first-order valence-corrected chi connectivity index (χ1v) is 7.41. The monoisotopic (exact) mass is 362 g/mol. The van der Waals surface area contributed by atoms with Crippen LogP contribution in [0.2, 0.25) is 0 Å². The zero-order chi connectivity index (χ0) is 15.7. The van der Waals surface area contributed by atoms with E-state index in [1.165, 1.54) is 13.0 Å². The van der Waals surface area contributed by atoms with Gasteiger partial charge in [0, 0.05) is 17.0 Å². The van der Waals surface area contributed by atoms with E-state index in [9.17, 15) is 9.18 Å². The Balaban J connectivity index is 1.96. The van der Waals surface area contributed by atoms with Crippen molar-refractivity contribution in [1.29, 1.82) is 0 Å². The molecule has 112 valence electrons. The summed E-state index contributed by atoms with van der Waals surface area (Å²) in [5.74, 6) is -0.470. The predicted octanol–water partition coefficient (Wildman–Crippen LogP) is 3.83. The summed E-state index contributed by atoms with van der Waals surface area (Å²) in [7, 11) is 0. The normalized spacial score (nSPS) is 17.1. The van der Waals surface area contributed by atoms with E-state index in [1.54, 1.807) is 18.2 Å². The molecule has 0 saturated heterocycles. The minimum Gasteiger partial charge on any atom is -0.446 e. The molecule has 2 aromatic rings. The van der Waals surface area contributed by atoms with E-state index in [-0.39, 0.29) is 17.4 Å². The smallest absolute Gasteiger partial charge is 0.243 e. The van der Waals surface area contributed by atoms with Crippen LogP contribution in [0.3, 0.4) is 0 Å². The quantitative estimate of drug-likeness (QED) is 0.814. The van der Waals surface area contributed by atoms with Crippen LogP contribution in [-0.2, 0) is 9.53 Å². The Hall–Kier alpha value is -2.21. The number of carbonyl (C=O) groups excluding carboxylic acids is 1. The molecule has 1 heterocycles. The Bertz CT molecular complexity index is 746. The van der Waals surface area contributed by atoms with Crippen molar-refractivity contribution < 1.29 is 13.9 Å². The van der Waals surface area contributed by atoms with Crippen LogP contribution in [0, 0.1) is 5.82 Å². The number of hydrogen-bond acceptors (Lipinski definition) is 3. The topological polar surface area (TPSA) is 41.9 Å². The Labute approximate surface area is 135 Å². The number of amides is 1. The summed E-state index contributed by atoms with van der Waals surface area (Å²) in [4.78, 5) is 11.8. The third-order valence-corrected chi connectivity index (χ3v) is 3.76. The molecule has 0 aromatic heterocycles. The lowest BCUT2D eigenvalue weighted by Gasteiger charge is -2.19. The molecule has 4 nitrogen and oxygen atoms in total. The van der Waals surface area contributed by atoms with Gasteiger partial charge in [0.2, 0.25) is 18.0 Å². The van der Waals surface area contributed by atoms with Crippen molar-refractivity contribution in [3.05, 3.63) is 69.9 Å². The summed E-state index contributed by atoms with van der Waals surface area (Å²) in [6.45, 7) is 1.37. The van der Waals surface area contributed by atoms with Gasteiger partial charge in [0.05, 0.1) is 5.56 Å². The van der Waals surface area contributed by atoms with Gasteiger partial charge >= 0.3 is 0 Å². The number of carbonyl (C=O) groups is 1. The number of hydrazone groups is 1. The summed E-state index contributed by atoms with van der Waals surface area (Å²) in [5.41, 5.74) is 0.988. The van der Waals surface area contributed by atoms with Gasteiger partial charge in [-0.25, -0.2) is 4.39 Å². The molecule has 0 bridgehead atoms. The average Bonchev–Trinajstić information content (AvgIpc) is 2.93. The maximum absolute atomic E-state index is 14.0. The zero-order valence-electron chi connectivity index (χ0n) is 11.7. The minimum atomic E-state index is -0.891. The van der Waals surface area contributed by atoms with Crippen molar-refractivity contribution in [1.82, 2.24) is 5.01 Å². The van der Waals surface area contributed by atoms with E-state index in [0.29, 0.717) is 5.56 Å². The van der Waals surface area contributed by atoms with Crippen LogP contribution in [0.1, 0.15) is 24.3 Å². The van der Waals surface area contributed by atoms with E-state index in [1.807, 2.05) is 24.3 Å². The Kier molecular flexibility index (Phi) is 3.94. The van der Waals surface area contributed by atoms with Crippen molar-refractivity contribution in [3.8, 4) is 0 Å². The second kappa shape index (κ2) is 5.88. The molecule has 1 atom stereocenters. The molecule has 0 spiro atoms. The zero-order valence-corrected chi connectivity index (χ0v) is 13.2. The second-order valence-corrected chi connectivity index (χ2v) is 5.68. The first-order chi connectivity index (χ1) is 10.6. The van der Waals surface area contributed by atoms with Gasteiger partial charge in [-0.05, 0) is 30.3 Å². The van der Waals surface area contributed by atoms with Crippen LogP contribution < -0.4 is 0 Å². The molecule has 0 N–H and O–H groups in total. The van der Waals surface area contributed by atoms with Crippen molar-refractivity contribution in [2.45, 2.75) is 13.2 Å². The van der Waals surface area contributed by atoms with Gasteiger partial charge in [0.15, 0.2) is 0 Å². The van der Waals surface area contributed by atoms with Gasteiger partial charge in [-0.2, -0.15) is 5.01 Å². The SMILES string of the molecule is CC(=O)N1N=C(c2ccc(Br)cc2)O[C@@H]1c1ccccc1F. The van der Waals surface area contributed by atoms with Crippen LogP contribution >= 0.6 is 15.9 Å². The molecule has 0 radical (unpaired) electrons. The highest BCUT2D eigenvalue weighted by atomic mass is 79.9. The Morgan fingerprint density at radius 3 is 2.55 bits per heavy atom. The van der Waals surface area contributed by atoms with Crippen molar-refractivity contribution in [2.24, 2.45) is 5.10 Å². The third-order valence-electron chi connectivity index (χ3n) is 3.23. The van der Waals surface area contributed by atoms with Crippen LogP contribution in [0.25, 0.3) is 0 Å². The molecule has 3 rings (SSSR count). The Morgan fingerprint density at radius 1 is 1.23 bits per heavy atom. The molecule has 1 aliphatic heterocycles. The molecular weight excluding hydrogens is 351 g/mol. The Morgan fingerprint density at radius 2 is 1.91 bits per heavy atom. The largest absolute Gasteiger partial charge is 0.446 e. The van der Waals surface area contributed by atoms with E-state index in [2.05, 4.69) is 21.0 Å². The molecule has 2 aromatic carbocycles. The molecule has 0 fully saturated rings. The maximum atomic E-state index is 14.0. The number of hydrogen-bond donors (Lipinski definition) is 0. The standard InChI is InChI=1S/C16H12BrFN2O2/c1-10(21)20-16(13-4-2-3-5-14(13)18)22-15(19-20)11-6-8-12(17)9-7-11/h2-9,16H,1H3/t16-/m1/s1. The van der Waals surface area contributed by atoms with Crippen molar-refractivity contribution in [3.63, 3.8) is 0 Å². The van der Waals surface area contributed by atoms with Crippen LogP contribution in [0.5, 0.6) is 0 Å². The average molecular weight is 363 g/mol. The van der Waals surface area contributed by atoms with Gasteiger partial charge < -0.3 is 4.74 Å². The lowest BCUT2D eigenvalue weighted by atomic mass is 10.2. The number of benzene rings is 2. The highest BCUT2D eigenvalue weighted by molar-refractivity contribution is 9.10. The van der Waals surface area contributed by atoms with Crippen molar-refractivity contribution >= 4 is 27.7 Å². The fraction of sp³-hybridized carbons (Fsp3) is 0.125. The van der Waals surface area contributed by atoms with Gasteiger partial charge in [-0.15, -0.1) is 5.10 Å². The van der Waals surface area contributed by atoms with E-state index >= 15 is 0 Å². The first kappa shape index (κ1) is 14.7. The molecule has 22 heavy (non-hydrogen) atoms. The summed E-state index contributed by atoms with van der Waals surface area (Å²) in [5, 5.41) is 5.33. The fourth-order valence-electron chi connectivity index (χ4n) is 2.15. The summed E-state index contributed by atoms with van der Waals surface area (Å²) in [6, 6.07) is 13.5. The summed E-state index contributed by atoms with van der Waals surface area (Å²) >= 11 is 3.35. The highest BCUT2D eigenvalue weighted by Gasteiger charge is 2.34. The third kappa shape index (κ3) is 2.74. The van der Waals surface area contributed by atoms with Gasteiger partial charge in [-0.3, -0.25) is 4.79 Å². The molecule has 1 amide bonds. The molecule has 6 heteroatoms. The lowest BCUT2D eigenvalue weighted by molar-refractivity contribution is -0.135. The highest BCUT2D eigenvalue weighted by Crippen LogP contribution is 2.31. The number of nitrogens with zero attached hydrogens (tertiary/aromatic N) is 2. The molecule has 0 unspecified atom stereocenters. The summed E-state index contributed by atoms with van der Waals surface area (Å²) < 4.78 is 20.6. The number of halogens is 2. The van der Waals surface area contributed by atoms with Crippen LogP contribution in [-0.4, -0.2) is 16.8 Å². The van der Waals surface area contributed by atoms with Gasteiger partial charge in [0.1, 0.15) is 5.82 Å². The van der Waals surface area contributed by atoms with Crippen LogP contribution in [0.4, 0.5) is 4.39 Å². The second-order valence-electron chi connectivity index (χ2n) is 4.77.